The molecule has 0 fully saturated rings. The molecular weight excluding hydrogens is 473 g/mol. The molecule has 1 N–H and O–H groups in total. The average Bonchev–Trinajstić information content (AvgIpc) is 3.53. The molecule has 0 unspecified atom stereocenters. The second-order valence-corrected chi connectivity index (χ2v) is 8.90. The SMILES string of the molecule is COCCN(CC(=O)N(Cc1ccc2c(c1)OCO2)Cc1cccs1)C(=O)Nc1cccc(F)c1. The van der Waals surface area contributed by atoms with Crippen LogP contribution in [-0.2, 0) is 22.6 Å². The Morgan fingerprint density at radius 1 is 1.06 bits per heavy atom. The van der Waals surface area contributed by atoms with Gasteiger partial charge < -0.3 is 29.3 Å². The number of fused-ring (bicyclic) bond motifs is 1. The zero-order chi connectivity index (χ0) is 24.6. The topological polar surface area (TPSA) is 80.3 Å². The maximum atomic E-state index is 13.5. The first-order valence-electron chi connectivity index (χ1n) is 11.0. The number of nitrogens with zero attached hydrogens (tertiary/aromatic N) is 2. The van der Waals surface area contributed by atoms with Gasteiger partial charge in [0.25, 0.3) is 0 Å². The number of nitrogens with one attached hydrogen (secondary N) is 1. The minimum atomic E-state index is -0.514. The van der Waals surface area contributed by atoms with Crippen molar-refractivity contribution in [2.75, 3.05) is 38.9 Å². The lowest BCUT2D eigenvalue weighted by Gasteiger charge is -2.27. The number of hydrogen-bond acceptors (Lipinski definition) is 6. The van der Waals surface area contributed by atoms with Gasteiger partial charge in [0.05, 0.1) is 13.2 Å². The molecule has 0 atom stereocenters. The quantitative estimate of drug-likeness (QED) is 0.449. The van der Waals surface area contributed by atoms with Crippen LogP contribution in [0.5, 0.6) is 11.5 Å². The Morgan fingerprint density at radius 3 is 2.69 bits per heavy atom. The van der Waals surface area contributed by atoms with Gasteiger partial charge in [-0.1, -0.05) is 18.2 Å². The van der Waals surface area contributed by atoms with E-state index in [4.69, 9.17) is 14.2 Å². The average molecular weight is 500 g/mol. The third-order valence-electron chi connectivity index (χ3n) is 5.34. The molecular formula is C25H26FN3O5S. The van der Waals surface area contributed by atoms with Gasteiger partial charge in [0.1, 0.15) is 12.4 Å². The number of carbonyl (C=O) groups excluding carboxylic acids is 2. The molecule has 3 amide bonds. The summed E-state index contributed by atoms with van der Waals surface area (Å²) in [5.41, 5.74) is 1.19. The summed E-state index contributed by atoms with van der Waals surface area (Å²) in [6.07, 6.45) is 0. The molecule has 1 aliphatic heterocycles. The van der Waals surface area contributed by atoms with Gasteiger partial charge in [-0.25, -0.2) is 9.18 Å². The first-order chi connectivity index (χ1) is 17.0. The molecule has 35 heavy (non-hydrogen) atoms. The maximum Gasteiger partial charge on any atom is 0.322 e. The number of carbonyl (C=O) groups is 2. The van der Waals surface area contributed by atoms with Crippen LogP contribution in [0.4, 0.5) is 14.9 Å². The third kappa shape index (κ3) is 6.71. The van der Waals surface area contributed by atoms with E-state index in [1.165, 1.54) is 30.2 Å². The predicted molar refractivity (Wildman–Crippen MR) is 130 cm³/mol. The summed E-state index contributed by atoms with van der Waals surface area (Å²) in [5.74, 6) is 0.613. The van der Waals surface area contributed by atoms with Crippen molar-refractivity contribution in [2.45, 2.75) is 13.1 Å². The highest BCUT2D eigenvalue weighted by Gasteiger charge is 2.23. The van der Waals surface area contributed by atoms with Crippen molar-refractivity contribution in [3.63, 3.8) is 0 Å². The van der Waals surface area contributed by atoms with Crippen LogP contribution in [0.15, 0.2) is 60.0 Å². The van der Waals surface area contributed by atoms with E-state index in [-0.39, 0.29) is 32.4 Å². The summed E-state index contributed by atoms with van der Waals surface area (Å²) in [7, 11) is 1.52. The molecule has 184 valence electrons. The molecule has 10 heteroatoms. The summed E-state index contributed by atoms with van der Waals surface area (Å²) in [6.45, 7) is 1.18. The number of thiophene rings is 1. The van der Waals surface area contributed by atoms with E-state index in [1.807, 2.05) is 35.7 Å². The Balaban J connectivity index is 1.49. The molecule has 0 aliphatic carbocycles. The first-order valence-corrected chi connectivity index (χ1v) is 11.9. The summed E-state index contributed by atoms with van der Waals surface area (Å²) in [5, 5.41) is 4.61. The monoisotopic (exact) mass is 499 g/mol. The summed E-state index contributed by atoms with van der Waals surface area (Å²) < 4.78 is 29.5. The number of benzene rings is 2. The van der Waals surface area contributed by atoms with Crippen molar-refractivity contribution in [3.05, 3.63) is 76.2 Å². The number of halogens is 1. The van der Waals surface area contributed by atoms with E-state index in [0.29, 0.717) is 30.3 Å². The van der Waals surface area contributed by atoms with Crippen molar-refractivity contribution < 1.29 is 28.2 Å². The van der Waals surface area contributed by atoms with Crippen LogP contribution < -0.4 is 14.8 Å². The Hall–Kier alpha value is -3.63. The molecule has 0 bridgehead atoms. The van der Waals surface area contributed by atoms with Gasteiger partial charge in [-0.05, 0) is 47.3 Å². The lowest BCUT2D eigenvalue weighted by atomic mass is 10.2. The Kier molecular flexibility index (Phi) is 8.17. The van der Waals surface area contributed by atoms with E-state index >= 15 is 0 Å². The zero-order valence-electron chi connectivity index (χ0n) is 19.2. The molecule has 3 aromatic rings. The normalized spacial score (nSPS) is 11.8. The number of ether oxygens (including phenoxy) is 3. The summed E-state index contributed by atoms with van der Waals surface area (Å²) in [6, 6.07) is 14.5. The smallest absolute Gasteiger partial charge is 0.322 e. The van der Waals surface area contributed by atoms with E-state index in [2.05, 4.69) is 5.32 Å². The molecule has 0 radical (unpaired) electrons. The minimum absolute atomic E-state index is 0.166. The van der Waals surface area contributed by atoms with Crippen molar-refractivity contribution in [1.82, 2.24) is 9.80 Å². The van der Waals surface area contributed by atoms with Crippen molar-refractivity contribution in [1.29, 1.82) is 0 Å². The molecule has 0 spiro atoms. The predicted octanol–water partition coefficient (Wildman–Crippen LogP) is 4.33. The van der Waals surface area contributed by atoms with Crippen LogP contribution in [0.3, 0.4) is 0 Å². The highest BCUT2D eigenvalue weighted by Crippen LogP contribution is 2.33. The second kappa shape index (κ2) is 11.7. The molecule has 0 saturated heterocycles. The first kappa shape index (κ1) is 24.5. The molecule has 2 heterocycles. The van der Waals surface area contributed by atoms with E-state index in [9.17, 15) is 14.0 Å². The van der Waals surface area contributed by atoms with Crippen molar-refractivity contribution >= 4 is 29.0 Å². The van der Waals surface area contributed by atoms with Gasteiger partial charge in [-0.2, -0.15) is 0 Å². The number of methoxy groups -OCH3 is 1. The van der Waals surface area contributed by atoms with Crippen molar-refractivity contribution in [3.8, 4) is 11.5 Å². The van der Waals surface area contributed by atoms with Crippen LogP contribution in [0.25, 0.3) is 0 Å². The van der Waals surface area contributed by atoms with Gasteiger partial charge >= 0.3 is 6.03 Å². The zero-order valence-corrected chi connectivity index (χ0v) is 20.1. The highest BCUT2D eigenvalue weighted by molar-refractivity contribution is 7.09. The Labute approximate surface area is 206 Å². The van der Waals surface area contributed by atoms with Crippen LogP contribution >= 0.6 is 11.3 Å². The minimum Gasteiger partial charge on any atom is -0.454 e. The third-order valence-corrected chi connectivity index (χ3v) is 6.21. The van der Waals surface area contributed by atoms with Gasteiger partial charge in [0, 0.05) is 30.8 Å². The lowest BCUT2D eigenvalue weighted by molar-refractivity contribution is -0.133. The van der Waals surface area contributed by atoms with Crippen LogP contribution in [0, 0.1) is 5.82 Å². The van der Waals surface area contributed by atoms with Gasteiger partial charge in [-0.3, -0.25) is 4.79 Å². The van der Waals surface area contributed by atoms with Crippen LogP contribution in [0.1, 0.15) is 10.4 Å². The standard InChI is InChI=1S/C25H26FN3O5S/c1-32-10-9-28(25(31)27-20-5-2-4-19(26)13-20)16-24(30)29(15-21-6-3-11-35-21)14-18-7-8-22-23(12-18)34-17-33-22/h2-8,11-13H,9-10,14-17H2,1H3,(H,27,31). The number of rotatable bonds is 10. The summed E-state index contributed by atoms with van der Waals surface area (Å²) >= 11 is 1.55. The fourth-order valence-corrected chi connectivity index (χ4v) is 4.29. The van der Waals surface area contributed by atoms with E-state index in [0.717, 1.165) is 10.4 Å². The fourth-order valence-electron chi connectivity index (χ4n) is 3.57. The van der Waals surface area contributed by atoms with Gasteiger partial charge in [0.2, 0.25) is 12.7 Å². The Bertz CT molecular complexity index is 1160. The van der Waals surface area contributed by atoms with Crippen molar-refractivity contribution in [2.24, 2.45) is 0 Å². The van der Waals surface area contributed by atoms with Gasteiger partial charge in [0.15, 0.2) is 11.5 Å². The summed E-state index contributed by atoms with van der Waals surface area (Å²) in [4.78, 5) is 30.4. The number of hydrogen-bond donors (Lipinski definition) is 1. The maximum absolute atomic E-state index is 13.5. The van der Waals surface area contributed by atoms with E-state index in [1.54, 1.807) is 22.3 Å². The lowest BCUT2D eigenvalue weighted by Crippen LogP contribution is -2.45. The molecule has 4 rings (SSSR count). The number of urea groups is 1. The molecule has 0 saturated carbocycles. The number of amides is 3. The Morgan fingerprint density at radius 2 is 1.91 bits per heavy atom. The number of anilines is 1. The molecule has 2 aromatic carbocycles. The van der Waals surface area contributed by atoms with Crippen LogP contribution in [-0.4, -0.2) is 55.3 Å². The molecule has 8 nitrogen and oxygen atoms in total. The largest absolute Gasteiger partial charge is 0.454 e. The second-order valence-electron chi connectivity index (χ2n) is 7.87. The van der Waals surface area contributed by atoms with Gasteiger partial charge in [-0.15, -0.1) is 11.3 Å². The van der Waals surface area contributed by atoms with E-state index < -0.39 is 11.8 Å². The van der Waals surface area contributed by atoms with Crippen LogP contribution in [0.2, 0.25) is 0 Å². The fraction of sp³-hybridized carbons (Fsp3) is 0.280. The highest BCUT2D eigenvalue weighted by atomic mass is 32.1. The molecule has 1 aliphatic rings. The molecule has 1 aromatic heterocycles.